The van der Waals surface area contributed by atoms with E-state index >= 15 is 0 Å². The van der Waals surface area contributed by atoms with Crippen LogP contribution in [0.4, 0.5) is 11.4 Å². The third-order valence-corrected chi connectivity index (χ3v) is 7.98. The molecule has 160 valence electrons. The van der Waals surface area contributed by atoms with Crippen LogP contribution in [0.15, 0.2) is 39.5 Å². The maximum Gasteiger partial charge on any atom is 0.271 e. The molecule has 1 aromatic heterocycles. The minimum Gasteiger partial charge on any atom is -0.494 e. The van der Waals surface area contributed by atoms with Crippen LogP contribution in [0.5, 0.6) is 5.75 Å². The third-order valence-electron chi connectivity index (χ3n) is 4.27. The average Bonchev–Trinajstić information content (AvgIpc) is 3.09. The Labute approximate surface area is 171 Å². The van der Waals surface area contributed by atoms with E-state index in [0.717, 1.165) is 5.76 Å². The highest BCUT2D eigenvalue weighted by Gasteiger charge is 2.40. The summed E-state index contributed by atoms with van der Waals surface area (Å²) in [6.07, 6.45) is 0. The molecule has 1 aromatic carbocycles. The van der Waals surface area contributed by atoms with Crippen LogP contribution < -0.4 is 10.2 Å². The summed E-state index contributed by atoms with van der Waals surface area (Å²) in [5.41, 5.74) is 0.907. The number of furan rings is 1. The zero-order valence-corrected chi connectivity index (χ0v) is 18.7. The minimum absolute atomic E-state index is 0.0681. The fraction of sp³-hybridized carbons (Fsp3) is 0.500. The Morgan fingerprint density at radius 1 is 1.21 bits per heavy atom. The summed E-state index contributed by atoms with van der Waals surface area (Å²) in [6, 6.07) is 8.06. The lowest BCUT2D eigenvalue weighted by Crippen LogP contribution is -2.25. The van der Waals surface area contributed by atoms with Gasteiger partial charge in [0.1, 0.15) is 17.2 Å². The molecule has 0 aliphatic heterocycles. The number of nitrogens with zero attached hydrogens (tertiary/aromatic N) is 2. The fourth-order valence-corrected chi connectivity index (χ4v) is 5.77. The lowest BCUT2D eigenvalue weighted by Gasteiger charge is -2.35. The highest BCUT2D eigenvalue weighted by Crippen LogP contribution is 2.63. The average molecular weight is 424 g/mol. The summed E-state index contributed by atoms with van der Waals surface area (Å²) < 4.78 is 28.2. The number of nitro benzene ring substituents is 1. The van der Waals surface area contributed by atoms with Gasteiger partial charge in [0.15, 0.2) is 12.8 Å². The summed E-state index contributed by atoms with van der Waals surface area (Å²) in [4.78, 5) is 10.8. The van der Waals surface area contributed by atoms with E-state index in [-0.39, 0.29) is 5.69 Å². The second-order valence-corrected chi connectivity index (χ2v) is 10.8. The molecular formula is C20H29N2O6P. The zero-order chi connectivity index (χ0) is 21.7. The first-order chi connectivity index (χ1) is 13.6. The third kappa shape index (κ3) is 5.26. The van der Waals surface area contributed by atoms with Crippen LogP contribution in [0.3, 0.4) is 0 Å². The molecule has 0 fully saturated rings. The maximum atomic E-state index is 11.3. The number of hydrogen-bond acceptors (Lipinski definition) is 7. The van der Waals surface area contributed by atoms with Crippen molar-refractivity contribution in [2.75, 3.05) is 26.9 Å². The van der Waals surface area contributed by atoms with Crippen molar-refractivity contribution in [2.45, 2.75) is 39.8 Å². The van der Waals surface area contributed by atoms with Gasteiger partial charge in [-0.1, -0.05) is 20.8 Å². The van der Waals surface area contributed by atoms with Gasteiger partial charge in [0.25, 0.3) is 5.69 Å². The van der Waals surface area contributed by atoms with Crippen molar-refractivity contribution in [3.05, 3.63) is 46.2 Å². The van der Waals surface area contributed by atoms with Crippen LogP contribution in [0.2, 0.25) is 0 Å². The molecule has 0 radical (unpaired) electrons. The molecule has 0 N–H and O–H groups in total. The van der Waals surface area contributed by atoms with E-state index in [1.54, 1.807) is 6.07 Å². The van der Waals surface area contributed by atoms with Crippen LogP contribution in [0.1, 0.15) is 33.5 Å². The number of nitro groups is 1. The molecule has 0 saturated carbocycles. The summed E-state index contributed by atoms with van der Waals surface area (Å²) in [6.45, 7) is 11.1. The van der Waals surface area contributed by atoms with E-state index in [1.165, 1.54) is 19.2 Å². The van der Waals surface area contributed by atoms with Gasteiger partial charge in [-0.15, -0.1) is 0 Å². The molecule has 0 amide bonds. The van der Waals surface area contributed by atoms with Crippen molar-refractivity contribution in [3.63, 3.8) is 0 Å². The van der Waals surface area contributed by atoms with Crippen LogP contribution in [0.25, 0.3) is 0 Å². The first-order valence-electron chi connectivity index (χ1n) is 9.38. The highest BCUT2D eigenvalue weighted by molar-refractivity contribution is 7.70. The van der Waals surface area contributed by atoms with Gasteiger partial charge >= 0.3 is 0 Å². The normalized spacial score (nSPS) is 13.7. The second-order valence-electron chi connectivity index (χ2n) is 7.37. The topological polar surface area (TPSA) is 96.3 Å². The lowest BCUT2D eigenvalue weighted by atomic mass is 10.2. The first-order valence-corrected chi connectivity index (χ1v) is 11.0. The van der Waals surface area contributed by atoms with E-state index in [1.807, 2.05) is 46.8 Å². The zero-order valence-electron chi connectivity index (χ0n) is 17.8. The molecule has 0 bridgehead atoms. The molecule has 0 spiro atoms. The van der Waals surface area contributed by atoms with Gasteiger partial charge in [0, 0.05) is 23.9 Å². The van der Waals surface area contributed by atoms with Gasteiger partial charge in [-0.2, -0.15) is 0 Å². The summed E-state index contributed by atoms with van der Waals surface area (Å²) in [5.74, 6) is 1.17. The Kier molecular flexibility index (Phi) is 7.63. The molecular weight excluding hydrogens is 395 g/mol. The van der Waals surface area contributed by atoms with Crippen molar-refractivity contribution in [3.8, 4) is 5.75 Å². The number of methoxy groups -OCH3 is 1. The molecule has 1 heterocycles. The largest absolute Gasteiger partial charge is 0.494 e. The standard InChI is InChI=1S/C20H29N2O6P/c1-7-26-12-13-27-29(20(3,4)5,19-11-8-15(2)28-19)21-17-14-16(22(23)24)9-10-18(17)25-6/h8-11,14H,7,12-13H2,1-6H3. The molecule has 2 rings (SSSR count). The SMILES string of the molecule is CCOCCOP(=Nc1cc([N+](=O)[O-])ccc1OC)(c1ccc(C)o1)C(C)(C)C. The van der Waals surface area contributed by atoms with Crippen LogP contribution in [-0.4, -0.2) is 37.0 Å². The summed E-state index contributed by atoms with van der Waals surface area (Å²) in [7, 11) is -1.28. The number of rotatable bonds is 9. The van der Waals surface area contributed by atoms with Gasteiger partial charge in [0.05, 0.1) is 25.2 Å². The van der Waals surface area contributed by atoms with Crippen molar-refractivity contribution in [1.29, 1.82) is 0 Å². The summed E-state index contributed by atoms with van der Waals surface area (Å²) in [5, 5.41) is 10.9. The molecule has 1 unspecified atom stereocenters. The first kappa shape index (κ1) is 23.1. The molecule has 1 atom stereocenters. The molecule has 0 aliphatic rings. The maximum absolute atomic E-state index is 11.3. The quantitative estimate of drug-likeness (QED) is 0.230. The second kappa shape index (κ2) is 9.57. The predicted molar refractivity (Wildman–Crippen MR) is 114 cm³/mol. The predicted octanol–water partition coefficient (Wildman–Crippen LogP) is 5.43. The van der Waals surface area contributed by atoms with Crippen molar-refractivity contribution in [2.24, 2.45) is 4.74 Å². The Hall–Kier alpha value is -2.15. The monoisotopic (exact) mass is 424 g/mol. The summed E-state index contributed by atoms with van der Waals surface area (Å²) >= 11 is 0. The smallest absolute Gasteiger partial charge is 0.271 e. The van der Waals surface area contributed by atoms with Crippen LogP contribution in [0, 0.1) is 17.0 Å². The molecule has 9 heteroatoms. The molecule has 29 heavy (non-hydrogen) atoms. The molecule has 0 aliphatic carbocycles. The Bertz CT molecular complexity index is 901. The number of ether oxygens (including phenoxy) is 2. The lowest BCUT2D eigenvalue weighted by molar-refractivity contribution is -0.384. The van der Waals surface area contributed by atoms with E-state index in [4.69, 9.17) is 23.2 Å². The van der Waals surface area contributed by atoms with E-state index in [2.05, 4.69) is 0 Å². The van der Waals surface area contributed by atoms with E-state index in [0.29, 0.717) is 36.8 Å². The van der Waals surface area contributed by atoms with Gasteiger partial charge in [-0.05, 0) is 32.0 Å². The van der Waals surface area contributed by atoms with Crippen molar-refractivity contribution < 1.29 is 23.3 Å². The van der Waals surface area contributed by atoms with Crippen LogP contribution >= 0.6 is 7.28 Å². The fourth-order valence-electron chi connectivity index (χ4n) is 2.79. The van der Waals surface area contributed by atoms with E-state index in [9.17, 15) is 10.1 Å². The molecule has 0 saturated heterocycles. The highest BCUT2D eigenvalue weighted by atomic mass is 31.2. The molecule has 2 aromatic rings. The number of aryl methyl sites for hydroxylation is 1. The van der Waals surface area contributed by atoms with Crippen molar-refractivity contribution in [1.82, 2.24) is 0 Å². The Morgan fingerprint density at radius 3 is 2.45 bits per heavy atom. The van der Waals surface area contributed by atoms with Gasteiger partial charge in [-0.3, -0.25) is 10.1 Å². The number of hydrogen-bond donors (Lipinski definition) is 0. The number of benzene rings is 1. The van der Waals surface area contributed by atoms with E-state index < -0.39 is 17.4 Å². The molecule has 8 nitrogen and oxygen atoms in total. The van der Waals surface area contributed by atoms with Gasteiger partial charge in [-0.25, -0.2) is 4.74 Å². The Morgan fingerprint density at radius 2 is 1.93 bits per heavy atom. The van der Waals surface area contributed by atoms with Crippen LogP contribution in [-0.2, 0) is 9.26 Å². The van der Waals surface area contributed by atoms with Gasteiger partial charge in [0.2, 0.25) is 0 Å². The number of non-ortho nitro benzene ring substituents is 1. The Balaban J connectivity index is 2.74. The minimum atomic E-state index is -2.79. The van der Waals surface area contributed by atoms with Crippen molar-refractivity contribution >= 4 is 24.2 Å². The van der Waals surface area contributed by atoms with Gasteiger partial charge < -0.3 is 18.4 Å².